The van der Waals surface area contributed by atoms with Gasteiger partial charge in [-0.05, 0) is 25.8 Å². The number of likely N-dealkylation sites (N-methyl/N-ethyl adjacent to an activating group) is 1. The van der Waals surface area contributed by atoms with Gasteiger partial charge in [0.1, 0.15) is 42.8 Å². The molecule has 306 valence electrons. The average Bonchev–Trinajstić information content (AvgIpc) is 3.64. The second-order valence-corrected chi connectivity index (χ2v) is 14.7. The molecule has 0 saturated heterocycles. The number of carbonyl (C=O) groups excluding carboxylic acids is 2. The van der Waals surface area contributed by atoms with Crippen molar-refractivity contribution in [3.8, 4) is 0 Å². The number of hydrogen-bond donors (Lipinski definition) is 2. The summed E-state index contributed by atoms with van der Waals surface area (Å²) in [6, 6.07) is 2.67. The largest absolute Gasteiger partial charge is 0.473 e. The Morgan fingerprint density at radius 2 is 1.57 bits per heavy atom. The number of carbonyl (C=O) groups is 2. The van der Waals surface area contributed by atoms with E-state index in [1.54, 1.807) is 6.92 Å². The van der Waals surface area contributed by atoms with Crippen LogP contribution >= 0.6 is 7.82 Å². The van der Waals surface area contributed by atoms with E-state index in [1.165, 1.54) is 35.2 Å². The summed E-state index contributed by atoms with van der Waals surface area (Å²) in [5.41, 5.74) is 3.14. The van der Waals surface area contributed by atoms with Gasteiger partial charge in [0.05, 0.1) is 19.7 Å². The first-order chi connectivity index (χ1) is 26.0. The standard InChI is InChI=1S/C37H61F2N6O8P/c1-4-7-9-11-13-15-17-19-35(46)50-24-32(52-36(47)20-18-16-14-12-10-8-5-2)25-51-54(48,49)53-37(26-44(6-3)42-28-40,27-45-30-41-29-43-45)33-22-21-31(38)23-34(33)39/h21-23,28-30,32H,4-20,24-27H2,1-3H3,(H2,40,42)(H,48,49). The molecule has 2 rings (SSSR count). The van der Waals surface area contributed by atoms with E-state index in [1.807, 2.05) is 0 Å². The predicted molar refractivity (Wildman–Crippen MR) is 201 cm³/mol. The van der Waals surface area contributed by atoms with E-state index in [2.05, 4.69) is 29.0 Å². The van der Waals surface area contributed by atoms with Crippen LogP contribution in [0.3, 0.4) is 0 Å². The van der Waals surface area contributed by atoms with E-state index < -0.39 is 62.9 Å². The van der Waals surface area contributed by atoms with E-state index >= 15 is 4.39 Å². The molecule has 1 aromatic heterocycles. The number of hydrazone groups is 1. The van der Waals surface area contributed by atoms with Crippen molar-refractivity contribution in [3.05, 3.63) is 48.1 Å². The van der Waals surface area contributed by atoms with Gasteiger partial charge in [-0.1, -0.05) is 97.0 Å². The lowest BCUT2D eigenvalue weighted by atomic mass is 9.92. The molecule has 3 unspecified atom stereocenters. The highest BCUT2D eigenvalue weighted by atomic mass is 31.2. The van der Waals surface area contributed by atoms with Gasteiger partial charge in [-0.2, -0.15) is 10.2 Å². The van der Waals surface area contributed by atoms with E-state index in [0.29, 0.717) is 18.9 Å². The molecule has 0 amide bonds. The summed E-state index contributed by atoms with van der Waals surface area (Å²) in [6.45, 7) is 4.31. The van der Waals surface area contributed by atoms with Crippen LogP contribution in [0, 0.1) is 11.6 Å². The number of aromatic nitrogens is 3. The van der Waals surface area contributed by atoms with Crippen molar-refractivity contribution in [1.82, 2.24) is 19.8 Å². The number of rotatable bonds is 31. The van der Waals surface area contributed by atoms with Crippen LogP contribution in [0.4, 0.5) is 8.78 Å². The Labute approximate surface area is 318 Å². The fraction of sp³-hybridized carbons (Fsp3) is 0.703. The molecule has 3 N–H and O–H groups in total. The van der Waals surface area contributed by atoms with Crippen LogP contribution in [0.2, 0.25) is 0 Å². The highest BCUT2D eigenvalue weighted by molar-refractivity contribution is 7.47. The zero-order chi connectivity index (χ0) is 39.7. The first-order valence-corrected chi connectivity index (χ1v) is 20.8. The number of esters is 2. The Balaban J connectivity index is 2.24. The molecule has 1 heterocycles. The minimum Gasteiger partial charge on any atom is -0.462 e. The van der Waals surface area contributed by atoms with Crippen molar-refractivity contribution in [2.75, 3.05) is 26.3 Å². The average molecular weight is 787 g/mol. The molecule has 3 atom stereocenters. The summed E-state index contributed by atoms with van der Waals surface area (Å²) in [7, 11) is -5.20. The summed E-state index contributed by atoms with van der Waals surface area (Å²) < 4.78 is 66.8. The molecule has 2 aromatic rings. The van der Waals surface area contributed by atoms with Crippen molar-refractivity contribution in [2.45, 2.75) is 142 Å². The van der Waals surface area contributed by atoms with E-state index in [4.69, 9.17) is 24.3 Å². The van der Waals surface area contributed by atoms with Gasteiger partial charge in [-0.15, -0.1) is 0 Å². The van der Waals surface area contributed by atoms with Gasteiger partial charge in [0.15, 0.2) is 6.10 Å². The normalized spacial score (nSPS) is 14.4. The number of halogens is 2. The zero-order valence-corrected chi connectivity index (χ0v) is 33.1. The molecule has 0 spiro atoms. The van der Waals surface area contributed by atoms with Crippen molar-refractivity contribution in [2.24, 2.45) is 10.8 Å². The smallest absolute Gasteiger partial charge is 0.462 e. The van der Waals surface area contributed by atoms with Crippen molar-refractivity contribution in [1.29, 1.82) is 0 Å². The maximum Gasteiger partial charge on any atom is 0.473 e. The minimum absolute atomic E-state index is 0.100. The number of unbranched alkanes of at least 4 members (excludes halogenated alkanes) is 12. The molecule has 1 aromatic carbocycles. The summed E-state index contributed by atoms with van der Waals surface area (Å²) in [5.74, 6) is -3.04. The third kappa shape index (κ3) is 18.7. The number of benzene rings is 1. The molecule has 0 aliphatic carbocycles. The number of ether oxygens (including phenoxy) is 2. The van der Waals surface area contributed by atoms with Gasteiger partial charge in [0.2, 0.25) is 0 Å². The van der Waals surface area contributed by atoms with Crippen molar-refractivity contribution < 1.29 is 46.3 Å². The number of phosphoric ester groups is 1. The first kappa shape index (κ1) is 46.7. The predicted octanol–water partition coefficient (Wildman–Crippen LogP) is 7.55. The summed E-state index contributed by atoms with van der Waals surface area (Å²) >= 11 is 0. The highest BCUT2D eigenvalue weighted by Crippen LogP contribution is 2.52. The lowest BCUT2D eigenvalue weighted by molar-refractivity contribution is -0.161. The molecule has 54 heavy (non-hydrogen) atoms. The van der Waals surface area contributed by atoms with Gasteiger partial charge in [-0.25, -0.2) is 23.0 Å². The quantitative estimate of drug-likeness (QED) is 0.0192. The third-order valence-electron chi connectivity index (χ3n) is 8.75. The lowest BCUT2D eigenvalue weighted by Gasteiger charge is -2.38. The van der Waals surface area contributed by atoms with E-state index in [0.717, 1.165) is 82.7 Å². The molecular weight excluding hydrogens is 725 g/mol. The zero-order valence-electron chi connectivity index (χ0n) is 32.2. The molecule has 0 aliphatic heterocycles. The Morgan fingerprint density at radius 3 is 2.13 bits per heavy atom. The maximum absolute atomic E-state index is 15.5. The Morgan fingerprint density at radius 1 is 0.963 bits per heavy atom. The molecule has 0 fully saturated rings. The number of nitrogens with two attached hydrogens (primary N) is 1. The highest BCUT2D eigenvalue weighted by Gasteiger charge is 2.45. The van der Waals surface area contributed by atoms with E-state index in [-0.39, 0.29) is 31.5 Å². The second kappa shape index (κ2) is 26.4. The van der Waals surface area contributed by atoms with Crippen LogP contribution < -0.4 is 5.73 Å². The molecule has 17 heteroatoms. The van der Waals surface area contributed by atoms with Crippen LogP contribution in [-0.2, 0) is 44.8 Å². The van der Waals surface area contributed by atoms with E-state index in [9.17, 15) is 23.4 Å². The van der Waals surface area contributed by atoms with Crippen molar-refractivity contribution >= 4 is 26.1 Å². The SMILES string of the molecule is CCCCCCCCCC(=O)OCC(COP(=O)(O)OC(CN(CC)/N=C\N)(Cn1cncn1)c1ccc(F)cc1F)OC(=O)CCCCCCCCC. The van der Waals surface area contributed by atoms with Crippen LogP contribution in [0.5, 0.6) is 0 Å². The Kier molecular flexibility index (Phi) is 22.8. The summed E-state index contributed by atoms with van der Waals surface area (Å²) in [5, 5.41) is 9.44. The molecule has 0 bridgehead atoms. The van der Waals surface area contributed by atoms with Crippen LogP contribution in [0.1, 0.15) is 129 Å². The first-order valence-electron chi connectivity index (χ1n) is 19.3. The minimum atomic E-state index is -5.20. The van der Waals surface area contributed by atoms with Crippen LogP contribution in [-0.4, -0.2) is 75.4 Å². The van der Waals surface area contributed by atoms with Gasteiger partial charge in [0, 0.05) is 31.0 Å². The summed E-state index contributed by atoms with van der Waals surface area (Å²) in [6.07, 6.45) is 16.5. The third-order valence-corrected chi connectivity index (χ3v) is 9.81. The molecule has 0 radical (unpaired) electrons. The van der Waals surface area contributed by atoms with Gasteiger partial charge in [0.25, 0.3) is 0 Å². The molecular formula is C37H61F2N6O8P. The van der Waals surface area contributed by atoms with Crippen LogP contribution in [0.25, 0.3) is 0 Å². The fourth-order valence-electron chi connectivity index (χ4n) is 5.88. The van der Waals surface area contributed by atoms with Gasteiger partial charge in [-0.3, -0.25) is 23.6 Å². The van der Waals surface area contributed by atoms with Crippen LogP contribution in [0.15, 0.2) is 36.0 Å². The number of nitrogens with zero attached hydrogens (tertiary/aromatic N) is 5. The van der Waals surface area contributed by atoms with Crippen molar-refractivity contribution in [3.63, 3.8) is 0 Å². The fourth-order valence-corrected chi connectivity index (χ4v) is 6.94. The second-order valence-electron chi connectivity index (χ2n) is 13.3. The maximum atomic E-state index is 15.5. The molecule has 0 saturated carbocycles. The molecule has 0 aliphatic rings. The number of hydrogen-bond acceptors (Lipinski definition) is 11. The van der Waals surface area contributed by atoms with Gasteiger partial charge >= 0.3 is 19.8 Å². The monoisotopic (exact) mass is 786 g/mol. The lowest BCUT2D eigenvalue weighted by Crippen LogP contribution is -2.45. The van der Waals surface area contributed by atoms with Gasteiger partial charge < -0.3 is 20.1 Å². The Bertz CT molecular complexity index is 1420. The number of phosphoric acid groups is 1. The Hall–Kier alpha value is -3.46. The summed E-state index contributed by atoms with van der Waals surface area (Å²) in [4.78, 5) is 40.5. The molecule has 14 nitrogen and oxygen atoms in total. The topological polar surface area (TPSA) is 181 Å².